The second kappa shape index (κ2) is 46.9. The van der Waals surface area contributed by atoms with Gasteiger partial charge >= 0.3 is 24.4 Å². The Morgan fingerprint density at radius 1 is 0.375 bits per heavy atom. The smallest absolute Gasteiger partial charge is 0.452 e. The molecule has 2 saturated heterocycles. The zero-order valence-electron chi connectivity index (χ0n) is 67.5. The molecule has 2 heterocycles. The van der Waals surface area contributed by atoms with Crippen LogP contribution in [0, 0.1) is 23.7 Å². The van der Waals surface area contributed by atoms with Crippen LogP contribution in [-0.4, -0.2) is 251 Å². The highest BCUT2D eigenvalue weighted by molar-refractivity contribution is 7.90. The number of hydrogen-bond acceptors (Lipinski definition) is 22. The maximum atomic E-state index is 13.8. The summed E-state index contributed by atoms with van der Waals surface area (Å²) in [7, 11) is -8.78. The summed E-state index contributed by atoms with van der Waals surface area (Å²) in [4.78, 5) is 157. The molecule has 0 saturated carbocycles. The Morgan fingerprint density at radius 2 is 0.658 bits per heavy atom. The van der Waals surface area contributed by atoms with Crippen LogP contribution in [0.2, 0.25) is 0 Å². The largest absolute Gasteiger partial charge is 0.491 e. The molecule has 662 valence electrons. The monoisotopic (exact) mass is 1740 g/mol. The molecule has 0 spiro atoms. The lowest BCUT2D eigenvalue weighted by atomic mass is 9.98. The van der Waals surface area contributed by atoms with Crippen LogP contribution in [0.3, 0.4) is 0 Å². The van der Waals surface area contributed by atoms with Gasteiger partial charge in [0.15, 0.2) is 0 Å². The molecule has 3 unspecified atom stereocenters. The molecule has 0 aliphatic carbocycles. The number of urea groups is 2. The van der Waals surface area contributed by atoms with Crippen LogP contribution in [-0.2, 0) is 67.8 Å². The van der Waals surface area contributed by atoms with Crippen molar-refractivity contribution in [2.75, 3.05) is 105 Å². The molecule has 6 atom stereocenters. The van der Waals surface area contributed by atoms with E-state index in [-0.39, 0.29) is 137 Å². The number of likely N-dealkylation sites (tertiary alicyclic amines) is 2. The van der Waals surface area contributed by atoms with Crippen LogP contribution in [0.15, 0.2) is 107 Å². The van der Waals surface area contributed by atoms with Crippen molar-refractivity contribution in [3.63, 3.8) is 0 Å². The van der Waals surface area contributed by atoms with Gasteiger partial charge in [0, 0.05) is 61.5 Å². The third kappa shape index (κ3) is 30.9. The van der Waals surface area contributed by atoms with E-state index < -0.39 is 163 Å². The highest BCUT2D eigenvalue weighted by Gasteiger charge is 2.49. The first-order chi connectivity index (χ1) is 56.6. The van der Waals surface area contributed by atoms with E-state index in [0.717, 1.165) is 9.80 Å². The molecule has 0 aromatic heterocycles. The molecule has 2 fully saturated rings. The predicted molar refractivity (Wildman–Crippen MR) is 419 cm³/mol. The lowest BCUT2D eigenvalue weighted by Gasteiger charge is -2.32. The summed E-state index contributed by atoms with van der Waals surface area (Å²) in [5.74, 6) is -13.3. The fourth-order valence-electron chi connectivity index (χ4n) is 12.2. The number of nitrogens with one attached hydrogen (secondary N) is 10. The third-order valence-corrected chi connectivity index (χ3v) is 21.4. The van der Waals surface area contributed by atoms with Crippen molar-refractivity contribution >= 4 is 90.9 Å². The van der Waals surface area contributed by atoms with E-state index in [4.69, 9.17) is 28.4 Å². The number of carbonyl (C=O) groups excluding carboxylic acids is 12. The van der Waals surface area contributed by atoms with Gasteiger partial charge in [-0.1, -0.05) is 55.4 Å². The zero-order chi connectivity index (χ0) is 88.7. The number of benzene rings is 4. The number of unbranched alkanes of at least 4 members (excludes halogenated alkanes) is 1. The fraction of sp³-hybridized carbons (Fsp3) is 0.538. The van der Waals surface area contributed by atoms with E-state index in [1.54, 1.807) is 27.7 Å². The Labute approximate surface area is 690 Å². The number of halogens is 6. The van der Waals surface area contributed by atoms with Gasteiger partial charge in [0.25, 0.3) is 55.2 Å². The first kappa shape index (κ1) is 98.3. The van der Waals surface area contributed by atoms with Crippen LogP contribution in [0.1, 0.15) is 135 Å². The van der Waals surface area contributed by atoms with Crippen molar-refractivity contribution in [1.82, 2.24) is 61.8 Å². The Balaban J connectivity index is 0.730. The Bertz CT molecular complexity index is 4100. The molecule has 42 heteroatoms. The van der Waals surface area contributed by atoms with Crippen molar-refractivity contribution in [2.45, 2.75) is 152 Å². The highest BCUT2D eigenvalue weighted by Crippen LogP contribution is 2.28. The van der Waals surface area contributed by atoms with Crippen molar-refractivity contribution in [3.8, 4) is 11.5 Å². The molecular formula is C78H104F6N12O22S2. The number of rotatable bonds is 47. The van der Waals surface area contributed by atoms with Crippen LogP contribution in [0.5, 0.6) is 11.5 Å². The summed E-state index contributed by atoms with van der Waals surface area (Å²) in [6.07, 6.45) is -8.35. The number of carbonyl (C=O) groups is 12. The molecule has 2 aliphatic heterocycles. The van der Waals surface area contributed by atoms with E-state index in [1.165, 1.54) is 125 Å². The lowest BCUT2D eigenvalue weighted by Crippen LogP contribution is -2.58. The quantitative estimate of drug-likeness (QED) is 0.0208. The number of amides is 12. The molecule has 120 heavy (non-hydrogen) atoms. The summed E-state index contributed by atoms with van der Waals surface area (Å²) in [6.45, 7) is 14.9. The van der Waals surface area contributed by atoms with Gasteiger partial charge in [-0.2, -0.15) is 26.3 Å². The molecular weight excluding hydrogens is 1640 g/mol. The Hall–Kier alpha value is -10.6. The zero-order valence-corrected chi connectivity index (χ0v) is 69.2. The van der Waals surface area contributed by atoms with E-state index in [2.05, 4.69) is 42.5 Å². The van der Waals surface area contributed by atoms with Gasteiger partial charge in [-0.15, -0.1) is 0 Å². The minimum absolute atomic E-state index is 0.0119. The van der Waals surface area contributed by atoms with E-state index in [0.29, 0.717) is 50.3 Å². The third-order valence-electron chi connectivity index (χ3n) is 18.7. The number of sulfonamides is 2. The molecule has 4 aromatic carbocycles. The van der Waals surface area contributed by atoms with Crippen molar-refractivity contribution < 1.29 is 129 Å². The predicted octanol–water partition coefficient (Wildman–Crippen LogP) is 4.86. The number of ketones is 2. The maximum absolute atomic E-state index is 13.8. The summed E-state index contributed by atoms with van der Waals surface area (Å²) in [5.41, 5.74) is -0.285. The number of hydrogen-bond donors (Lipinski definition) is 10. The second-order valence-electron chi connectivity index (χ2n) is 29.1. The maximum Gasteiger partial charge on any atom is 0.452 e. The summed E-state index contributed by atoms with van der Waals surface area (Å²) < 4.78 is 169. The summed E-state index contributed by atoms with van der Waals surface area (Å²) in [5, 5.41) is 20.3. The molecule has 6 rings (SSSR count). The van der Waals surface area contributed by atoms with Crippen LogP contribution < -0.4 is 61.5 Å². The van der Waals surface area contributed by atoms with E-state index in [9.17, 15) is 101 Å². The second-order valence-corrected chi connectivity index (χ2v) is 32.5. The SMILES string of the molecule is CC(C)C(NC(=O)C1CCCN1C(=O)[C@@H](NC(=O)c1ccc(C(=O)NS(=O)(=O)c2ccc(OCCOCCOCCNC(=O)NCCCCNC(=O)NCCOCCOCCOc3ccc(S(=O)(=O)NC(=O)c4ccc(C(=O)N[C@H](C(=O)N5CCC[C@H]5C(=O)NC(C(=O)C(F)(F)F)C(C)C)C(C)C)cc4)cc3)cc2)cc1)C(C)C)C(=O)C(F)(F)F. The van der Waals surface area contributed by atoms with Gasteiger partial charge in [0.1, 0.15) is 48.9 Å². The standard InChI is InChI=1S/C78H104F6N12O22S2/c1-47(2)61(65(97)77(79,80)81)89-71(103)59-13-11-35-95(59)73(105)63(49(5)6)91-67(99)51-15-19-53(20-16-51)69(101)93-119(109,110)57-27-23-55(24-28-57)117-45-43-115-41-39-113-37-33-87-75(107)85-31-9-10-32-86-76(108)88-34-38-114-40-42-116-44-46-118-56-25-29-58(30-26-56)120(111,112)94-70(102)54-21-17-52(18-22-54)68(100)92-64(50(7)8)74(106)96-36-12-14-60(96)72(104)90-62(48(3)4)66(98)78(82,83)84/h15-30,47-50,59-64H,9-14,31-46H2,1-8H3,(H,89,103)(H,90,104)(H,91,99)(H,92,100)(H,93,101)(H,94,102)(H2,85,87,107)(H2,86,88,108)/t59-,60?,61?,62?,63-,64-/m0/s1. The number of Topliss-reactive ketones (excluding diaryl/α,β-unsaturated/α-hetero) is 2. The first-order valence-corrected chi connectivity index (χ1v) is 41.8. The van der Waals surface area contributed by atoms with Crippen LogP contribution >= 0.6 is 0 Å². The molecule has 34 nitrogen and oxygen atoms in total. The Kier molecular flexibility index (Phi) is 38.4. The lowest BCUT2D eigenvalue weighted by molar-refractivity contribution is -0.175. The molecule has 12 amide bonds. The molecule has 2 aliphatic rings. The molecule has 4 aromatic rings. The topological polar surface area (TPSA) is 455 Å². The van der Waals surface area contributed by atoms with E-state index >= 15 is 0 Å². The van der Waals surface area contributed by atoms with Gasteiger partial charge in [-0.05, 0) is 159 Å². The van der Waals surface area contributed by atoms with Crippen LogP contribution in [0.4, 0.5) is 35.9 Å². The Morgan fingerprint density at radius 3 is 0.958 bits per heavy atom. The van der Waals surface area contributed by atoms with Crippen molar-refractivity contribution in [1.29, 1.82) is 0 Å². The molecule has 10 N–H and O–H groups in total. The summed E-state index contributed by atoms with van der Waals surface area (Å²) >= 11 is 0. The van der Waals surface area contributed by atoms with E-state index in [1.807, 2.05) is 9.44 Å². The highest BCUT2D eigenvalue weighted by atomic mass is 32.2. The molecule has 0 bridgehead atoms. The fourth-order valence-corrected chi connectivity index (χ4v) is 14.1. The van der Waals surface area contributed by atoms with Gasteiger partial charge in [0.05, 0.1) is 74.7 Å². The van der Waals surface area contributed by atoms with Crippen LogP contribution in [0.25, 0.3) is 0 Å². The number of ether oxygens (including phenoxy) is 6. The van der Waals surface area contributed by atoms with Gasteiger partial charge < -0.3 is 80.8 Å². The first-order valence-electron chi connectivity index (χ1n) is 38.8. The number of nitrogens with zero attached hydrogens (tertiary/aromatic N) is 2. The number of alkyl halides is 6. The minimum atomic E-state index is -5.20. The minimum Gasteiger partial charge on any atom is -0.491 e. The normalized spacial score (nSPS) is 15.4. The van der Waals surface area contributed by atoms with Gasteiger partial charge in [-0.3, -0.25) is 47.9 Å². The van der Waals surface area contributed by atoms with Crippen molar-refractivity contribution in [2.24, 2.45) is 23.7 Å². The van der Waals surface area contributed by atoms with Gasteiger partial charge in [0.2, 0.25) is 23.6 Å². The summed E-state index contributed by atoms with van der Waals surface area (Å²) in [6, 6.07) is 10.8. The molecule has 0 radical (unpaired) electrons. The van der Waals surface area contributed by atoms with Gasteiger partial charge in [-0.25, -0.2) is 35.9 Å². The average Bonchev–Trinajstić information content (AvgIpc) is 1.61. The van der Waals surface area contributed by atoms with Crippen molar-refractivity contribution in [3.05, 3.63) is 119 Å². The average molecular weight is 1740 g/mol.